The van der Waals surface area contributed by atoms with E-state index in [9.17, 15) is 14.4 Å². The highest BCUT2D eigenvalue weighted by Gasteiger charge is 2.19. The van der Waals surface area contributed by atoms with Crippen LogP contribution in [0.2, 0.25) is 0 Å². The smallest absolute Gasteiger partial charge is 0.330 e. The number of anilines is 3. The molecule has 0 bridgehead atoms. The highest BCUT2D eigenvalue weighted by atomic mass is 79.9. The van der Waals surface area contributed by atoms with E-state index in [0.29, 0.717) is 5.69 Å². The van der Waals surface area contributed by atoms with Crippen molar-refractivity contribution in [3.05, 3.63) is 85.0 Å². The summed E-state index contributed by atoms with van der Waals surface area (Å²) >= 11 is 3.42. The Balaban J connectivity index is 1.83. The topological polar surface area (TPSA) is 113 Å². The number of aromatic amines is 1. The molecule has 0 radical (unpaired) electrons. The first kappa shape index (κ1) is 21.4. The Labute approximate surface area is 181 Å². The summed E-state index contributed by atoms with van der Waals surface area (Å²) in [6.07, 6.45) is 0. The number of benzene rings is 2. The summed E-state index contributed by atoms with van der Waals surface area (Å²) in [5.74, 6) is -0.332. The predicted molar refractivity (Wildman–Crippen MR) is 122 cm³/mol. The lowest BCUT2D eigenvalue weighted by molar-refractivity contribution is -0.114. The first-order valence-corrected chi connectivity index (χ1v) is 9.99. The lowest BCUT2D eigenvalue weighted by Crippen LogP contribution is -2.39. The van der Waals surface area contributed by atoms with Crippen molar-refractivity contribution in [2.24, 2.45) is 0 Å². The van der Waals surface area contributed by atoms with Crippen molar-refractivity contribution in [2.45, 2.75) is 13.5 Å². The van der Waals surface area contributed by atoms with Gasteiger partial charge in [0, 0.05) is 11.5 Å². The van der Waals surface area contributed by atoms with Crippen LogP contribution in [0, 0.1) is 6.92 Å². The summed E-state index contributed by atoms with van der Waals surface area (Å²) < 4.78 is 2.03. The maximum absolute atomic E-state index is 12.5. The highest BCUT2D eigenvalue weighted by molar-refractivity contribution is 9.10. The molecule has 0 fully saturated rings. The second-order valence-electron chi connectivity index (χ2n) is 6.95. The van der Waals surface area contributed by atoms with E-state index in [1.807, 2.05) is 49.4 Å². The largest absolute Gasteiger partial charge is 0.383 e. The summed E-state index contributed by atoms with van der Waals surface area (Å²) in [6.45, 7) is 2.02. The van der Waals surface area contributed by atoms with E-state index < -0.39 is 11.2 Å². The van der Waals surface area contributed by atoms with Crippen molar-refractivity contribution in [2.75, 3.05) is 29.5 Å². The maximum atomic E-state index is 12.5. The minimum absolute atomic E-state index is 0.000537. The molecule has 0 aliphatic heterocycles. The van der Waals surface area contributed by atoms with Crippen molar-refractivity contribution in [1.82, 2.24) is 9.55 Å². The number of halogens is 1. The molecule has 0 aliphatic carbocycles. The number of carbonyl (C=O) groups is 1. The molecule has 4 N–H and O–H groups in total. The fourth-order valence-corrected chi connectivity index (χ4v) is 3.67. The van der Waals surface area contributed by atoms with Gasteiger partial charge in [-0.1, -0.05) is 36.4 Å². The number of likely N-dealkylation sites (N-methyl/N-ethyl adjacent to an activating group) is 1. The quantitative estimate of drug-likeness (QED) is 0.510. The monoisotopic (exact) mass is 471 g/mol. The van der Waals surface area contributed by atoms with Gasteiger partial charge in [-0.15, -0.1) is 0 Å². The van der Waals surface area contributed by atoms with Crippen LogP contribution in [0.3, 0.4) is 0 Å². The number of aromatic nitrogens is 2. The van der Waals surface area contributed by atoms with Crippen LogP contribution in [0.15, 0.2) is 62.6 Å². The summed E-state index contributed by atoms with van der Waals surface area (Å²) in [7, 11) is 1.57. The van der Waals surface area contributed by atoms with E-state index in [-0.39, 0.29) is 30.5 Å². The van der Waals surface area contributed by atoms with Crippen molar-refractivity contribution < 1.29 is 4.79 Å². The van der Waals surface area contributed by atoms with Crippen molar-refractivity contribution in [3.8, 4) is 0 Å². The molecule has 156 valence electrons. The zero-order valence-corrected chi connectivity index (χ0v) is 18.2. The van der Waals surface area contributed by atoms with Gasteiger partial charge in [0.25, 0.3) is 5.56 Å². The number of nitrogens with zero attached hydrogens (tertiary/aromatic N) is 2. The van der Waals surface area contributed by atoms with Crippen LogP contribution in [-0.4, -0.2) is 29.1 Å². The molecule has 9 heteroatoms. The number of hydrogen-bond acceptors (Lipinski definition) is 5. The van der Waals surface area contributed by atoms with E-state index in [1.54, 1.807) is 13.1 Å². The number of nitrogen functional groups attached to an aromatic ring is 1. The van der Waals surface area contributed by atoms with Crippen LogP contribution < -0.4 is 27.2 Å². The second-order valence-corrected chi connectivity index (χ2v) is 7.81. The molecule has 0 saturated heterocycles. The van der Waals surface area contributed by atoms with Crippen LogP contribution in [-0.2, 0) is 11.3 Å². The summed E-state index contributed by atoms with van der Waals surface area (Å²) in [5, 5.41) is 2.79. The minimum Gasteiger partial charge on any atom is -0.383 e. The third-order valence-electron chi connectivity index (χ3n) is 4.56. The molecule has 1 aromatic heterocycles. The van der Waals surface area contributed by atoms with Crippen LogP contribution in [0.1, 0.15) is 11.1 Å². The Hall–Kier alpha value is -3.33. The number of hydrogen-bond donors (Lipinski definition) is 3. The number of aryl methyl sites for hydroxylation is 1. The molecular weight excluding hydrogens is 450 g/mol. The van der Waals surface area contributed by atoms with E-state index in [4.69, 9.17) is 5.73 Å². The highest BCUT2D eigenvalue weighted by Crippen LogP contribution is 2.23. The van der Waals surface area contributed by atoms with Gasteiger partial charge in [0.2, 0.25) is 5.91 Å². The van der Waals surface area contributed by atoms with Crippen LogP contribution in [0.4, 0.5) is 17.2 Å². The molecule has 0 atom stereocenters. The van der Waals surface area contributed by atoms with Gasteiger partial charge >= 0.3 is 5.69 Å². The van der Waals surface area contributed by atoms with E-state index in [2.05, 4.69) is 26.2 Å². The van der Waals surface area contributed by atoms with Gasteiger partial charge in [0.1, 0.15) is 11.5 Å². The average Bonchev–Trinajstić information content (AvgIpc) is 2.68. The Morgan fingerprint density at radius 1 is 1.20 bits per heavy atom. The molecule has 0 unspecified atom stereocenters. The van der Waals surface area contributed by atoms with Crippen LogP contribution in [0.25, 0.3) is 0 Å². The average molecular weight is 472 g/mol. The molecule has 0 aliphatic rings. The number of H-pyrrole nitrogens is 1. The predicted octanol–water partition coefficient (Wildman–Crippen LogP) is 2.31. The fourth-order valence-electron chi connectivity index (χ4n) is 3.07. The first-order chi connectivity index (χ1) is 14.3. The van der Waals surface area contributed by atoms with Gasteiger partial charge in [-0.3, -0.25) is 19.1 Å². The summed E-state index contributed by atoms with van der Waals surface area (Å²) in [4.78, 5) is 40.9. The van der Waals surface area contributed by atoms with Crippen molar-refractivity contribution in [3.63, 3.8) is 0 Å². The number of amides is 1. The lowest BCUT2D eigenvalue weighted by Gasteiger charge is -2.21. The SMILES string of the molecule is Cc1ccc(NC(=O)CN(C)c2c(N)n(Cc3ccccc3)c(=O)[nH]c2=O)c(Br)c1. The first-order valence-electron chi connectivity index (χ1n) is 9.20. The summed E-state index contributed by atoms with van der Waals surface area (Å²) in [6, 6.07) is 14.8. The standard InChI is InChI=1S/C21H22BrN5O3/c1-13-8-9-16(15(22)10-13)24-17(28)12-26(2)18-19(23)27(21(30)25-20(18)29)11-14-6-4-3-5-7-14/h3-10H,11-12,23H2,1-2H3,(H,24,28)(H,25,29,30). The van der Waals surface area contributed by atoms with Gasteiger partial charge in [-0.2, -0.15) is 0 Å². The molecule has 0 saturated carbocycles. The van der Waals surface area contributed by atoms with E-state index >= 15 is 0 Å². The molecule has 0 spiro atoms. The maximum Gasteiger partial charge on any atom is 0.330 e. The zero-order chi connectivity index (χ0) is 21.8. The Morgan fingerprint density at radius 3 is 2.57 bits per heavy atom. The van der Waals surface area contributed by atoms with Crippen LogP contribution >= 0.6 is 15.9 Å². The van der Waals surface area contributed by atoms with Gasteiger partial charge in [0.05, 0.1) is 18.8 Å². The molecule has 8 nitrogen and oxygen atoms in total. The zero-order valence-electron chi connectivity index (χ0n) is 16.6. The molecule has 3 rings (SSSR count). The Bertz CT molecular complexity index is 1190. The minimum atomic E-state index is -0.645. The normalized spacial score (nSPS) is 10.6. The lowest BCUT2D eigenvalue weighted by atomic mass is 10.2. The van der Waals surface area contributed by atoms with Crippen LogP contribution in [0.5, 0.6) is 0 Å². The van der Waals surface area contributed by atoms with Gasteiger partial charge in [-0.05, 0) is 46.1 Å². The third kappa shape index (κ3) is 4.80. The van der Waals surface area contributed by atoms with E-state index in [1.165, 1.54) is 9.47 Å². The number of nitrogens with two attached hydrogens (primary N) is 1. The van der Waals surface area contributed by atoms with Crippen molar-refractivity contribution in [1.29, 1.82) is 0 Å². The molecule has 1 amide bonds. The molecule has 2 aromatic carbocycles. The molecule has 3 aromatic rings. The Kier molecular flexibility index (Phi) is 6.41. The molecule has 1 heterocycles. The summed E-state index contributed by atoms with van der Waals surface area (Å²) in [5.41, 5.74) is 7.50. The third-order valence-corrected chi connectivity index (χ3v) is 5.21. The molecule has 30 heavy (non-hydrogen) atoms. The number of carbonyl (C=O) groups excluding carboxylic acids is 1. The van der Waals surface area contributed by atoms with Gasteiger partial charge in [-0.25, -0.2) is 4.79 Å². The second kappa shape index (κ2) is 9.00. The molecular formula is C21H22BrN5O3. The van der Waals surface area contributed by atoms with E-state index in [0.717, 1.165) is 15.6 Å². The van der Waals surface area contributed by atoms with Crippen molar-refractivity contribution >= 4 is 39.0 Å². The fraction of sp³-hybridized carbons (Fsp3) is 0.190. The number of rotatable bonds is 6. The van der Waals surface area contributed by atoms with Gasteiger partial charge < -0.3 is 16.0 Å². The Morgan fingerprint density at radius 2 is 1.90 bits per heavy atom. The van der Waals surface area contributed by atoms with Gasteiger partial charge in [0.15, 0.2) is 0 Å². The number of nitrogens with one attached hydrogen (secondary N) is 2.